The first-order chi connectivity index (χ1) is 4.22. The first-order valence-corrected chi connectivity index (χ1v) is 3.51. The molecule has 0 radical (unpaired) electrons. The Bertz CT molecular complexity index is 109. The van der Waals surface area contributed by atoms with Gasteiger partial charge in [-0.15, -0.1) is 0 Å². The molecule has 52 valence electrons. The van der Waals surface area contributed by atoms with Gasteiger partial charge in [0, 0.05) is 0 Å². The second-order valence-electron chi connectivity index (χ2n) is 2.46. The van der Waals surface area contributed by atoms with E-state index in [9.17, 15) is 0 Å². The minimum atomic E-state index is 0.711. The van der Waals surface area contributed by atoms with E-state index in [0.29, 0.717) is 5.92 Å². The molecular weight excluding hydrogens is 108 g/mol. The zero-order valence-corrected chi connectivity index (χ0v) is 6.65. The van der Waals surface area contributed by atoms with E-state index in [1.54, 1.807) is 0 Å². The lowest BCUT2D eigenvalue weighted by Gasteiger charge is -2.06. The van der Waals surface area contributed by atoms with E-state index in [0.717, 1.165) is 0 Å². The van der Waals surface area contributed by atoms with Crippen LogP contribution in [0.1, 0.15) is 27.2 Å². The van der Waals surface area contributed by atoms with E-state index in [2.05, 4.69) is 33.4 Å². The van der Waals surface area contributed by atoms with E-state index in [1.165, 1.54) is 12.0 Å². The molecule has 0 saturated heterocycles. The van der Waals surface area contributed by atoms with Crippen molar-refractivity contribution >= 4 is 0 Å². The van der Waals surface area contributed by atoms with Crippen LogP contribution in [0.2, 0.25) is 0 Å². The van der Waals surface area contributed by atoms with E-state index in [1.807, 2.05) is 6.08 Å². The summed E-state index contributed by atoms with van der Waals surface area (Å²) >= 11 is 0. The predicted molar refractivity (Wildman–Crippen MR) is 43.4 cm³/mol. The number of rotatable bonds is 3. The number of hydrogen-bond donors (Lipinski definition) is 0. The van der Waals surface area contributed by atoms with Crippen molar-refractivity contribution in [1.82, 2.24) is 0 Å². The highest BCUT2D eigenvalue weighted by atomic mass is 14.0. The smallest absolute Gasteiger partial charge is 0.0234 e. The second kappa shape index (κ2) is 4.37. The quantitative estimate of drug-likeness (QED) is 0.507. The largest absolute Gasteiger partial charge is 0.0991 e. The Hall–Kier alpha value is -0.520. The van der Waals surface area contributed by atoms with Gasteiger partial charge in [-0.05, 0) is 19.3 Å². The summed E-state index contributed by atoms with van der Waals surface area (Å²) in [4.78, 5) is 0. The highest BCUT2D eigenvalue weighted by molar-refractivity contribution is 5.09. The average Bonchev–Trinajstić information content (AvgIpc) is 1.87. The lowest BCUT2D eigenvalue weighted by molar-refractivity contribution is 0.656. The van der Waals surface area contributed by atoms with Crippen LogP contribution in [0.15, 0.2) is 24.3 Å². The molecule has 1 unspecified atom stereocenters. The van der Waals surface area contributed by atoms with Crippen molar-refractivity contribution in [2.24, 2.45) is 5.92 Å². The van der Waals surface area contributed by atoms with Crippen molar-refractivity contribution in [3.8, 4) is 0 Å². The summed E-state index contributed by atoms with van der Waals surface area (Å²) in [6, 6.07) is 0. The van der Waals surface area contributed by atoms with Crippen LogP contribution in [0.4, 0.5) is 0 Å². The van der Waals surface area contributed by atoms with Gasteiger partial charge in [-0.1, -0.05) is 38.2 Å². The molecule has 0 fully saturated rings. The van der Waals surface area contributed by atoms with Gasteiger partial charge in [0.25, 0.3) is 0 Å². The van der Waals surface area contributed by atoms with E-state index in [4.69, 9.17) is 0 Å². The molecule has 0 aromatic carbocycles. The summed E-state index contributed by atoms with van der Waals surface area (Å²) in [5.74, 6) is 0.711. The van der Waals surface area contributed by atoms with Gasteiger partial charge in [0.15, 0.2) is 0 Å². The molecule has 0 saturated carbocycles. The third-order valence-corrected chi connectivity index (χ3v) is 1.77. The number of allylic oxidation sites excluding steroid dienone is 3. The zero-order valence-electron chi connectivity index (χ0n) is 6.65. The fourth-order valence-electron chi connectivity index (χ4n) is 0.672. The zero-order chi connectivity index (χ0) is 7.28. The lowest BCUT2D eigenvalue weighted by atomic mass is 10.00. The van der Waals surface area contributed by atoms with Crippen molar-refractivity contribution < 1.29 is 0 Å². The average molecular weight is 124 g/mol. The van der Waals surface area contributed by atoms with Crippen molar-refractivity contribution in [3.05, 3.63) is 24.3 Å². The molecule has 0 heteroatoms. The standard InChI is InChI=1S/C9H16/c1-5-7-9(4)8(3)6-2/h5,7-8H,1,6H2,2-4H3/b9-7-. The molecule has 0 bridgehead atoms. The minimum Gasteiger partial charge on any atom is -0.0991 e. The summed E-state index contributed by atoms with van der Waals surface area (Å²) in [7, 11) is 0. The molecule has 1 atom stereocenters. The maximum absolute atomic E-state index is 3.64. The van der Waals surface area contributed by atoms with Gasteiger partial charge in [0.05, 0.1) is 0 Å². The van der Waals surface area contributed by atoms with E-state index < -0.39 is 0 Å². The van der Waals surface area contributed by atoms with Crippen LogP contribution >= 0.6 is 0 Å². The SMILES string of the molecule is C=C/C=C(/C)C(C)CC. The van der Waals surface area contributed by atoms with Crippen molar-refractivity contribution in [3.63, 3.8) is 0 Å². The molecule has 0 aliphatic carbocycles. The second-order valence-corrected chi connectivity index (χ2v) is 2.46. The summed E-state index contributed by atoms with van der Waals surface area (Å²) < 4.78 is 0. The van der Waals surface area contributed by atoms with Gasteiger partial charge in [0.1, 0.15) is 0 Å². The molecule has 0 N–H and O–H groups in total. The van der Waals surface area contributed by atoms with Crippen LogP contribution in [0.5, 0.6) is 0 Å². The first-order valence-electron chi connectivity index (χ1n) is 3.51. The van der Waals surface area contributed by atoms with Crippen LogP contribution in [0.3, 0.4) is 0 Å². The van der Waals surface area contributed by atoms with Crippen LogP contribution in [-0.4, -0.2) is 0 Å². The molecule has 0 heterocycles. The minimum absolute atomic E-state index is 0.711. The Morgan fingerprint density at radius 2 is 2.22 bits per heavy atom. The highest BCUT2D eigenvalue weighted by Crippen LogP contribution is 2.12. The first kappa shape index (κ1) is 8.48. The van der Waals surface area contributed by atoms with Gasteiger partial charge in [-0.2, -0.15) is 0 Å². The molecule has 0 aromatic rings. The molecule has 0 aliphatic heterocycles. The molecule has 9 heavy (non-hydrogen) atoms. The lowest BCUT2D eigenvalue weighted by Crippen LogP contribution is -1.91. The van der Waals surface area contributed by atoms with Crippen molar-refractivity contribution in [2.75, 3.05) is 0 Å². The maximum atomic E-state index is 3.64. The van der Waals surface area contributed by atoms with Gasteiger partial charge >= 0.3 is 0 Å². The molecule has 0 amide bonds. The van der Waals surface area contributed by atoms with Crippen molar-refractivity contribution in [2.45, 2.75) is 27.2 Å². The molecule has 0 aliphatic rings. The van der Waals surface area contributed by atoms with Gasteiger partial charge < -0.3 is 0 Å². The van der Waals surface area contributed by atoms with Gasteiger partial charge in [0.2, 0.25) is 0 Å². The van der Waals surface area contributed by atoms with Gasteiger partial charge in [-0.3, -0.25) is 0 Å². The molecule has 0 spiro atoms. The summed E-state index contributed by atoms with van der Waals surface area (Å²) in [6.07, 6.45) is 5.14. The Morgan fingerprint density at radius 3 is 2.56 bits per heavy atom. The predicted octanol–water partition coefficient (Wildman–Crippen LogP) is 3.16. The van der Waals surface area contributed by atoms with E-state index in [-0.39, 0.29) is 0 Å². The molecule has 0 nitrogen and oxygen atoms in total. The van der Waals surface area contributed by atoms with Crippen LogP contribution in [0.25, 0.3) is 0 Å². The maximum Gasteiger partial charge on any atom is -0.0234 e. The Morgan fingerprint density at radius 1 is 1.67 bits per heavy atom. The fraction of sp³-hybridized carbons (Fsp3) is 0.556. The third kappa shape index (κ3) is 3.12. The van der Waals surface area contributed by atoms with Crippen LogP contribution in [-0.2, 0) is 0 Å². The molecule has 0 rings (SSSR count). The van der Waals surface area contributed by atoms with Crippen molar-refractivity contribution in [1.29, 1.82) is 0 Å². The Kier molecular flexibility index (Phi) is 4.12. The highest BCUT2D eigenvalue weighted by Gasteiger charge is 1.97. The number of hydrogen-bond acceptors (Lipinski definition) is 0. The summed E-state index contributed by atoms with van der Waals surface area (Å²) in [5.41, 5.74) is 1.42. The molecular formula is C9H16. The Balaban J connectivity index is 3.84. The van der Waals surface area contributed by atoms with Gasteiger partial charge in [-0.25, -0.2) is 0 Å². The summed E-state index contributed by atoms with van der Waals surface area (Å²) in [5, 5.41) is 0. The third-order valence-electron chi connectivity index (χ3n) is 1.77. The van der Waals surface area contributed by atoms with Crippen LogP contribution in [0, 0.1) is 5.92 Å². The van der Waals surface area contributed by atoms with Crippen LogP contribution < -0.4 is 0 Å². The normalized spacial score (nSPS) is 15.2. The molecule has 0 aromatic heterocycles. The monoisotopic (exact) mass is 124 g/mol. The summed E-state index contributed by atoms with van der Waals surface area (Å²) in [6.45, 7) is 10.2. The fourth-order valence-corrected chi connectivity index (χ4v) is 0.672. The van der Waals surface area contributed by atoms with E-state index >= 15 is 0 Å². The topological polar surface area (TPSA) is 0 Å². The Labute approximate surface area is 58.3 Å².